The summed E-state index contributed by atoms with van der Waals surface area (Å²) in [5, 5.41) is 0.798. The van der Waals surface area contributed by atoms with Gasteiger partial charge in [-0.15, -0.1) is 0 Å². The lowest BCUT2D eigenvalue weighted by molar-refractivity contribution is -0.134. The Labute approximate surface area is 159 Å². The van der Waals surface area contributed by atoms with E-state index < -0.39 is 17.7 Å². The average Bonchev–Trinajstić information content (AvgIpc) is 2.87. The molecular weight excluding hydrogens is 377 g/mol. The minimum atomic E-state index is -0.611. The van der Waals surface area contributed by atoms with E-state index in [4.69, 9.17) is 23.2 Å². The summed E-state index contributed by atoms with van der Waals surface area (Å²) in [6, 6.07) is 10.0. The molecule has 132 valence electrons. The number of ketones is 1. The highest BCUT2D eigenvalue weighted by Gasteiger charge is 2.35. The summed E-state index contributed by atoms with van der Waals surface area (Å²) in [6.45, 7) is 0.200. The number of amides is 1. The highest BCUT2D eigenvalue weighted by Crippen LogP contribution is 2.32. The van der Waals surface area contributed by atoms with Gasteiger partial charge in [0.05, 0.1) is 35.0 Å². The molecule has 2 aromatic carbocycles. The van der Waals surface area contributed by atoms with Gasteiger partial charge in [0.25, 0.3) is 11.7 Å². The largest absolute Gasteiger partial charge is 0.466 e. The quantitative estimate of drug-likeness (QED) is 0.451. The van der Waals surface area contributed by atoms with E-state index >= 15 is 0 Å². The molecule has 0 unspecified atom stereocenters. The number of nitrogens with zero attached hydrogens (tertiary/aromatic N) is 1. The number of anilines is 1. The number of benzene rings is 2. The number of methoxy groups -OCH3 is 1. The number of rotatable bonds is 4. The summed E-state index contributed by atoms with van der Waals surface area (Å²) in [5.41, 5.74) is 2.18. The average molecular weight is 390 g/mol. The molecule has 0 aliphatic carbocycles. The molecule has 0 spiro atoms. The molecule has 7 heteroatoms. The predicted octanol–water partition coefficient (Wildman–Crippen LogP) is 3.91. The molecule has 2 aromatic rings. The molecule has 0 fully saturated rings. The number of Topliss-reactive ketones (excluding diaryl/α,β-unsaturated/α-hetero) is 1. The van der Waals surface area contributed by atoms with E-state index in [9.17, 15) is 14.4 Å². The standard InChI is InChI=1S/C19H13Cl2NO4/c1-26-17(23)7-4-11-3-6-16-13(8-11)18(24)19(25)22(16)10-12-2-5-14(20)15(21)9-12/h2-9H,10H2,1H3/b7-4+. The first-order valence-corrected chi connectivity index (χ1v) is 8.36. The Morgan fingerprint density at radius 1 is 1.12 bits per heavy atom. The topological polar surface area (TPSA) is 63.7 Å². The van der Waals surface area contributed by atoms with Gasteiger partial charge in [-0.1, -0.05) is 35.3 Å². The monoisotopic (exact) mass is 389 g/mol. The van der Waals surface area contributed by atoms with Crippen molar-refractivity contribution in [2.24, 2.45) is 0 Å². The molecule has 1 aliphatic rings. The molecule has 1 heterocycles. The van der Waals surface area contributed by atoms with Crippen LogP contribution in [0.1, 0.15) is 21.5 Å². The number of halogens is 2. The Morgan fingerprint density at radius 3 is 2.58 bits per heavy atom. The second kappa shape index (κ2) is 7.32. The maximum Gasteiger partial charge on any atom is 0.330 e. The van der Waals surface area contributed by atoms with E-state index in [1.54, 1.807) is 36.4 Å². The fraction of sp³-hybridized carbons (Fsp3) is 0.105. The molecule has 0 radical (unpaired) electrons. The number of hydrogen-bond acceptors (Lipinski definition) is 4. The summed E-state index contributed by atoms with van der Waals surface area (Å²) in [4.78, 5) is 37.3. The van der Waals surface area contributed by atoms with Crippen molar-refractivity contribution in [2.45, 2.75) is 6.54 Å². The van der Waals surface area contributed by atoms with Gasteiger partial charge < -0.3 is 9.64 Å². The summed E-state index contributed by atoms with van der Waals surface area (Å²) < 4.78 is 4.53. The van der Waals surface area contributed by atoms with E-state index in [-0.39, 0.29) is 6.54 Å². The molecule has 0 saturated carbocycles. The first kappa shape index (κ1) is 18.2. The Kier molecular flexibility index (Phi) is 5.11. The Balaban J connectivity index is 1.90. The highest BCUT2D eigenvalue weighted by molar-refractivity contribution is 6.52. The number of carbonyl (C=O) groups is 3. The molecule has 5 nitrogen and oxygen atoms in total. The second-order valence-corrected chi connectivity index (χ2v) is 6.42. The Hall–Kier alpha value is -2.63. The number of ether oxygens (including phenoxy) is 1. The third kappa shape index (κ3) is 3.49. The van der Waals surface area contributed by atoms with Crippen molar-refractivity contribution in [1.29, 1.82) is 0 Å². The van der Waals surface area contributed by atoms with Crippen LogP contribution in [0.15, 0.2) is 42.5 Å². The molecule has 0 bridgehead atoms. The van der Waals surface area contributed by atoms with E-state index in [0.717, 1.165) is 5.56 Å². The fourth-order valence-electron chi connectivity index (χ4n) is 2.63. The van der Waals surface area contributed by atoms with Crippen molar-refractivity contribution < 1.29 is 19.1 Å². The molecule has 26 heavy (non-hydrogen) atoms. The lowest BCUT2D eigenvalue weighted by Crippen LogP contribution is -2.29. The van der Waals surface area contributed by atoms with Crippen LogP contribution >= 0.6 is 23.2 Å². The van der Waals surface area contributed by atoms with Gasteiger partial charge >= 0.3 is 5.97 Å². The maximum atomic E-state index is 12.4. The van der Waals surface area contributed by atoms with Crippen LogP contribution in [0.4, 0.5) is 5.69 Å². The highest BCUT2D eigenvalue weighted by atomic mass is 35.5. The van der Waals surface area contributed by atoms with E-state index in [2.05, 4.69) is 4.74 Å². The second-order valence-electron chi connectivity index (χ2n) is 5.60. The molecule has 1 amide bonds. The summed E-state index contributed by atoms with van der Waals surface area (Å²) in [7, 11) is 1.28. The normalized spacial score (nSPS) is 13.4. The first-order chi connectivity index (χ1) is 12.4. The number of fused-ring (bicyclic) bond motifs is 1. The van der Waals surface area contributed by atoms with Crippen LogP contribution in [-0.2, 0) is 20.9 Å². The van der Waals surface area contributed by atoms with Gasteiger partial charge in [-0.25, -0.2) is 4.79 Å². The number of carbonyl (C=O) groups excluding carboxylic acids is 3. The van der Waals surface area contributed by atoms with E-state index in [1.165, 1.54) is 24.2 Å². The van der Waals surface area contributed by atoms with Crippen LogP contribution in [0.2, 0.25) is 10.0 Å². The van der Waals surface area contributed by atoms with Crippen molar-refractivity contribution in [3.8, 4) is 0 Å². The van der Waals surface area contributed by atoms with Crippen LogP contribution in [0, 0.1) is 0 Å². The number of esters is 1. The third-order valence-electron chi connectivity index (χ3n) is 3.93. The summed E-state index contributed by atoms with van der Waals surface area (Å²) in [6.07, 6.45) is 2.77. The van der Waals surface area contributed by atoms with Gasteiger partial charge in [-0.2, -0.15) is 0 Å². The first-order valence-electron chi connectivity index (χ1n) is 7.61. The SMILES string of the molecule is COC(=O)/C=C/c1ccc2c(c1)C(=O)C(=O)N2Cc1ccc(Cl)c(Cl)c1. The molecular formula is C19H13Cl2NO4. The van der Waals surface area contributed by atoms with Crippen molar-refractivity contribution in [3.05, 3.63) is 69.2 Å². The molecule has 1 aliphatic heterocycles. The lowest BCUT2D eigenvalue weighted by Gasteiger charge is -2.17. The van der Waals surface area contributed by atoms with Gasteiger partial charge in [-0.3, -0.25) is 9.59 Å². The maximum absolute atomic E-state index is 12.4. The van der Waals surface area contributed by atoms with Gasteiger partial charge in [0, 0.05) is 6.08 Å². The Bertz CT molecular complexity index is 953. The molecule has 0 aromatic heterocycles. The van der Waals surface area contributed by atoms with Crippen molar-refractivity contribution >= 4 is 52.6 Å². The Morgan fingerprint density at radius 2 is 1.88 bits per heavy atom. The lowest BCUT2D eigenvalue weighted by atomic mass is 10.1. The van der Waals surface area contributed by atoms with Crippen molar-refractivity contribution in [2.75, 3.05) is 12.0 Å². The summed E-state index contributed by atoms with van der Waals surface area (Å²) >= 11 is 11.9. The zero-order valence-electron chi connectivity index (χ0n) is 13.7. The van der Waals surface area contributed by atoms with Crippen LogP contribution in [0.3, 0.4) is 0 Å². The molecule has 3 rings (SSSR count). The third-order valence-corrected chi connectivity index (χ3v) is 4.67. The van der Waals surface area contributed by atoms with Crippen LogP contribution in [-0.4, -0.2) is 24.8 Å². The molecule has 0 atom stereocenters. The number of hydrogen-bond donors (Lipinski definition) is 0. The predicted molar refractivity (Wildman–Crippen MR) is 99.5 cm³/mol. The summed E-state index contributed by atoms with van der Waals surface area (Å²) in [5.74, 6) is -1.71. The van der Waals surface area contributed by atoms with E-state index in [0.29, 0.717) is 26.9 Å². The molecule has 0 N–H and O–H groups in total. The van der Waals surface area contributed by atoms with Crippen LogP contribution in [0.25, 0.3) is 6.08 Å². The smallest absolute Gasteiger partial charge is 0.330 e. The van der Waals surface area contributed by atoms with Gasteiger partial charge in [0.1, 0.15) is 0 Å². The van der Waals surface area contributed by atoms with Crippen molar-refractivity contribution in [3.63, 3.8) is 0 Å². The molecule has 0 saturated heterocycles. The van der Waals surface area contributed by atoms with Crippen LogP contribution in [0.5, 0.6) is 0 Å². The minimum absolute atomic E-state index is 0.200. The van der Waals surface area contributed by atoms with Gasteiger partial charge in [-0.05, 0) is 41.5 Å². The van der Waals surface area contributed by atoms with Crippen molar-refractivity contribution in [1.82, 2.24) is 0 Å². The minimum Gasteiger partial charge on any atom is -0.466 e. The fourth-order valence-corrected chi connectivity index (χ4v) is 2.95. The van der Waals surface area contributed by atoms with Gasteiger partial charge in [0.15, 0.2) is 0 Å². The van der Waals surface area contributed by atoms with E-state index in [1.807, 2.05) is 0 Å². The van der Waals surface area contributed by atoms with Crippen LogP contribution < -0.4 is 4.90 Å². The van der Waals surface area contributed by atoms with Gasteiger partial charge in [0.2, 0.25) is 0 Å². The zero-order chi connectivity index (χ0) is 18.8. The zero-order valence-corrected chi connectivity index (χ0v) is 15.2.